The number of benzene rings is 2. The predicted octanol–water partition coefficient (Wildman–Crippen LogP) is 4.29. The van der Waals surface area contributed by atoms with E-state index in [1.54, 1.807) is 43.1 Å². The van der Waals surface area contributed by atoms with Gasteiger partial charge in [0.1, 0.15) is 17.1 Å². The van der Waals surface area contributed by atoms with Gasteiger partial charge in [-0.3, -0.25) is 4.79 Å². The Kier molecular flexibility index (Phi) is 5.46. The monoisotopic (exact) mass is 362 g/mol. The molecular weight excluding hydrogens is 340 g/mol. The molecule has 3 aromatic rings. The average molecular weight is 362 g/mol. The Morgan fingerprint density at radius 2 is 1.93 bits per heavy atom. The minimum Gasteiger partial charge on any atom is -0.481 e. The molecule has 0 aliphatic heterocycles. The van der Waals surface area contributed by atoms with Gasteiger partial charge in [-0.15, -0.1) is 0 Å². The van der Waals surface area contributed by atoms with Crippen LogP contribution in [0.3, 0.4) is 0 Å². The summed E-state index contributed by atoms with van der Waals surface area (Å²) in [5.41, 5.74) is 2.43. The van der Waals surface area contributed by atoms with Crippen molar-refractivity contribution in [1.29, 1.82) is 5.26 Å². The topological polar surface area (TPSA) is 66.5 Å². The van der Waals surface area contributed by atoms with Crippen molar-refractivity contribution < 1.29 is 13.9 Å². The molecular formula is C22H22N2O3. The Labute approximate surface area is 158 Å². The van der Waals surface area contributed by atoms with Crippen LogP contribution in [0.5, 0.6) is 5.75 Å². The van der Waals surface area contributed by atoms with Crippen LogP contribution in [0.15, 0.2) is 52.9 Å². The van der Waals surface area contributed by atoms with Crippen LogP contribution in [-0.2, 0) is 17.8 Å². The first-order valence-electron chi connectivity index (χ1n) is 8.94. The highest BCUT2D eigenvalue weighted by molar-refractivity contribution is 5.84. The van der Waals surface area contributed by atoms with E-state index in [1.807, 2.05) is 31.2 Å². The van der Waals surface area contributed by atoms with Crippen molar-refractivity contribution in [2.24, 2.45) is 0 Å². The maximum Gasteiger partial charge on any atom is 0.263 e. The molecule has 2 aromatic carbocycles. The van der Waals surface area contributed by atoms with Crippen LogP contribution in [0.4, 0.5) is 0 Å². The zero-order valence-electron chi connectivity index (χ0n) is 15.7. The number of ether oxygens (including phenoxy) is 1. The van der Waals surface area contributed by atoms with Crippen LogP contribution < -0.4 is 4.74 Å². The molecule has 0 fully saturated rings. The lowest BCUT2D eigenvalue weighted by Gasteiger charge is -2.22. The van der Waals surface area contributed by atoms with E-state index >= 15 is 0 Å². The molecule has 0 aliphatic rings. The van der Waals surface area contributed by atoms with Crippen molar-refractivity contribution >= 4 is 16.9 Å². The van der Waals surface area contributed by atoms with Gasteiger partial charge in [0.15, 0.2) is 6.10 Å². The summed E-state index contributed by atoms with van der Waals surface area (Å²) in [5, 5.41) is 9.89. The molecule has 0 N–H and O–H groups in total. The third-order valence-electron chi connectivity index (χ3n) is 4.52. The number of carbonyl (C=O) groups excluding carboxylic acids is 1. The van der Waals surface area contributed by atoms with Gasteiger partial charge in [0.05, 0.1) is 11.6 Å². The summed E-state index contributed by atoms with van der Waals surface area (Å²) in [6.45, 7) is 4.23. The van der Waals surface area contributed by atoms with E-state index in [1.165, 1.54) is 0 Å². The first-order valence-corrected chi connectivity index (χ1v) is 8.94. The van der Waals surface area contributed by atoms with Gasteiger partial charge in [0.25, 0.3) is 5.91 Å². The zero-order chi connectivity index (χ0) is 19.4. The molecule has 1 aromatic heterocycles. The molecule has 0 spiro atoms. The van der Waals surface area contributed by atoms with Gasteiger partial charge in [0.2, 0.25) is 0 Å². The highest BCUT2D eigenvalue weighted by Crippen LogP contribution is 2.27. The van der Waals surface area contributed by atoms with E-state index in [2.05, 4.69) is 6.07 Å². The summed E-state index contributed by atoms with van der Waals surface area (Å²) >= 11 is 0. The van der Waals surface area contributed by atoms with Crippen molar-refractivity contribution in [2.75, 3.05) is 7.05 Å². The highest BCUT2D eigenvalue weighted by atomic mass is 16.5. The smallest absolute Gasteiger partial charge is 0.263 e. The lowest BCUT2D eigenvalue weighted by molar-refractivity contribution is -0.137. The highest BCUT2D eigenvalue weighted by Gasteiger charge is 2.22. The number of furan rings is 1. The molecule has 1 unspecified atom stereocenters. The van der Waals surface area contributed by atoms with Gasteiger partial charge in [-0.05, 0) is 37.3 Å². The Balaban J connectivity index is 1.72. The Hall–Kier alpha value is -3.26. The molecule has 0 saturated heterocycles. The quantitative estimate of drug-likeness (QED) is 0.656. The molecule has 0 radical (unpaired) electrons. The maximum absolute atomic E-state index is 12.8. The van der Waals surface area contributed by atoms with Crippen molar-refractivity contribution in [1.82, 2.24) is 4.90 Å². The van der Waals surface area contributed by atoms with Gasteiger partial charge in [-0.1, -0.05) is 25.1 Å². The molecule has 5 nitrogen and oxygen atoms in total. The number of hydrogen-bond donors (Lipinski definition) is 0. The van der Waals surface area contributed by atoms with E-state index in [9.17, 15) is 4.79 Å². The number of nitriles is 1. The Bertz CT molecular complexity index is 983. The Morgan fingerprint density at radius 3 is 2.59 bits per heavy atom. The van der Waals surface area contributed by atoms with Gasteiger partial charge < -0.3 is 14.1 Å². The number of nitrogens with zero attached hydrogens (tertiary/aromatic N) is 2. The molecule has 0 aliphatic carbocycles. The van der Waals surface area contributed by atoms with Crippen LogP contribution in [-0.4, -0.2) is 24.0 Å². The molecule has 27 heavy (non-hydrogen) atoms. The number of carbonyl (C=O) groups is 1. The van der Waals surface area contributed by atoms with Gasteiger partial charge >= 0.3 is 0 Å². The fourth-order valence-corrected chi connectivity index (χ4v) is 3.10. The number of rotatable bonds is 6. The second-order valence-electron chi connectivity index (χ2n) is 6.44. The minimum atomic E-state index is -0.633. The molecule has 0 saturated carbocycles. The van der Waals surface area contributed by atoms with E-state index < -0.39 is 6.10 Å². The molecule has 0 bridgehead atoms. The molecule has 3 rings (SSSR count). The summed E-state index contributed by atoms with van der Waals surface area (Å²) < 4.78 is 11.6. The third kappa shape index (κ3) is 3.95. The molecule has 1 atom stereocenters. The summed E-state index contributed by atoms with van der Waals surface area (Å²) in [6, 6.07) is 16.7. The molecule has 5 heteroatoms. The summed E-state index contributed by atoms with van der Waals surface area (Å²) in [7, 11) is 1.77. The van der Waals surface area contributed by atoms with Crippen LogP contribution >= 0.6 is 0 Å². The van der Waals surface area contributed by atoms with Crippen LogP contribution in [0.2, 0.25) is 0 Å². The lowest BCUT2D eigenvalue weighted by atomic mass is 10.1. The lowest BCUT2D eigenvalue weighted by Crippen LogP contribution is -2.37. The zero-order valence-corrected chi connectivity index (χ0v) is 15.7. The van der Waals surface area contributed by atoms with Crippen molar-refractivity contribution in [3.05, 3.63) is 65.4 Å². The van der Waals surface area contributed by atoms with Crippen molar-refractivity contribution in [2.45, 2.75) is 32.9 Å². The van der Waals surface area contributed by atoms with E-state index in [-0.39, 0.29) is 5.91 Å². The van der Waals surface area contributed by atoms with Crippen LogP contribution in [0.1, 0.15) is 30.7 Å². The molecule has 1 heterocycles. The second-order valence-corrected chi connectivity index (χ2v) is 6.44. The first-order chi connectivity index (χ1) is 13.0. The van der Waals surface area contributed by atoms with E-state index in [0.717, 1.165) is 28.7 Å². The largest absolute Gasteiger partial charge is 0.481 e. The van der Waals surface area contributed by atoms with Gasteiger partial charge in [0, 0.05) is 31.0 Å². The number of fused-ring (bicyclic) bond motifs is 1. The molecule has 138 valence electrons. The minimum absolute atomic E-state index is 0.119. The first kappa shape index (κ1) is 18.5. The number of hydrogen-bond acceptors (Lipinski definition) is 4. The molecule has 1 amide bonds. The number of likely N-dealkylation sites (N-methyl/N-ethyl adjacent to an activating group) is 1. The van der Waals surface area contributed by atoms with E-state index in [0.29, 0.717) is 17.9 Å². The summed E-state index contributed by atoms with van der Waals surface area (Å²) in [5.74, 6) is 1.34. The fraction of sp³-hybridized carbons (Fsp3) is 0.273. The van der Waals surface area contributed by atoms with Crippen LogP contribution in [0, 0.1) is 11.3 Å². The standard InChI is InChI=1S/C22H22N2O3/c1-4-20-19(18-7-5-6-8-21(18)27-20)14-24(3)22(25)15(2)26-17-11-9-16(13-23)10-12-17/h5-12,15H,4,14H2,1-3H3. The van der Waals surface area contributed by atoms with Crippen molar-refractivity contribution in [3.63, 3.8) is 0 Å². The normalized spacial score (nSPS) is 11.8. The number of amides is 1. The Morgan fingerprint density at radius 1 is 1.22 bits per heavy atom. The fourth-order valence-electron chi connectivity index (χ4n) is 3.10. The number of aryl methyl sites for hydroxylation is 1. The average Bonchev–Trinajstić information content (AvgIpc) is 3.05. The van der Waals surface area contributed by atoms with E-state index in [4.69, 9.17) is 14.4 Å². The van der Waals surface area contributed by atoms with Gasteiger partial charge in [-0.2, -0.15) is 5.26 Å². The summed E-state index contributed by atoms with van der Waals surface area (Å²) in [4.78, 5) is 14.4. The van der Waals surface area contributed by atoms with Gasteiger partial charge in [-0.25, -0.2) is 0 Å². The predicted molar refractivity (Wildman–Crippen MR) is 103 cm³/mol. The maximum atomic E-state index is 12.8. The third-order valence-corrected chi connectivity index (χ3v) is 4.52. The van der Waals surface area contributed by atoms with Crippen LogP contribution in [0.25, 0.3) is 11.0 Å². The number of para-hydroxylation sites is 1. The second kappa shape index (κ2) is 7.96. The van der Waals surface area contributed by atoms with Crippen molar-refractivity contribution in [3.8, 4) is 11.8 Å². The summed E-state index contributed by atoms with van der Waals surface area (Å²) in [6.07, 6.45) is 0.134. The SMILES string of the molecule is CCc1oc2ccccc2c1CN(C)C(=O)C(C)Oc1ccc(C#N)cc1.